The highest BCUT2D eigenvalue weighted by Crippen LogP contribution is 2.26. The molecule has 0 fully saturated rings. The number of rotatable bonds is 3. The second-order valence-corrected chi connectivity index (χ2v) is 3.84. The molecule has 3 nitrogen and oxygen atoms in total. The first-order valence-electron chi connectivity index (χ1n) is 5.10. The van der Waals surface area contributed by atoms with Gasteiger partial charge in [0.25, 0.3) is 0 Å². The monoisotopic (exact) mass is 204 g/mol. The van der Waals surface area contributed by atoms with Gasteiger partial charge in [0.15, 0.2) is 0 Å². The Morgan fingerprint density at radius 3 is 2.87 bits per heavy atom. The van der Waals surface area contributed by atoms with Gasteiger partial charge in [-0.25, -0.2) is 0 Å². The number of ether oxygens (including phenoxy) is 1. The highest BCUT2D eigenvalue weighted by molar-refractivity contribution is 5.86. The quantitative estimate of drug-likeness (QED) is 0.830. The van der Waals surface area contributed by atoms with E-state index >= 15 is 0 Å². The first kappa shape index (κ1) is 10.1. The molecule has 0 radical (unpaired) electrons. The molecule has 3 heteroatoms. The van der Waals surface area contributed by atoms with Crippen molar-refractivity contribution in [1.82, 2.24) is 4.57 Å². The van der Waals surface area contributed by atoms with Gasteiger partial charge in [-0.15, -0.1) is 0 Å². The van der Waals surface area contributed by atoms with Crippen molar-refractivity contribution in [2.75, 3.05) is 7.11 Å². The fraction of sp³-hybridized carbons (Fsp3) is 0.333. The van der Waals surface area contributed by atoms with E-state index in [2.05, 4.69) is 22.9 Å². The van der Waals surface area contributed by atoms with Crippen LogP contribution in [0.1, 0.15) is 6.92 Å². The van der Waals surface area contributed by atoms with Crippen molar-refractivity contribution in [3.8, 4) is 5.75 Å². The first-order chi connectivity index (χ1) is 7.22. The third-order valence-corrected chi connectivity index (χ3v) is 2.48. The van der Waals surface area contributed by atoms with Crippen LogP contribution in [0.15, 0.2) is 30.5 Å². The molecule has 1 atom stereocenters. The lowest BCUT2D eigenvalue weighted by Gasteiger charge is -2.09. The SMILES string of the molecule is COc1cccc2c1ccn2CC(C)N. The molecule has 0 aliphatic carbocycles. The molecule has 2 N–H and O–H groups in total. The second-order valence-electron chi connectivity index (χ2n) is 3.84. The topological polar surface area (TPSA) is 40.2 Å². The van der Waals surface area contributed by atoms with Crippen LogP contribution < -0.4 is 10.5 Å². The fourth-order valence-corrected chi connectivity index (χ4v) is 1.84. The predicted octanol–water partition coefficient (Wildman–Crippen LogP) is 2.00. The van der Waals surface area contributed by atoms with E-state index in [9.17, 15) is 0 Å². The molecule has 0 aliphatic heterocycles. The summed E-state index contributed by atoms with van der Waals surface area (Å²) in [5, 5.41) is 1.14. The molecule has 80 valence electrons. The lowest BCUT2D eigenvalue weighted by Crippen LogP contribution is -2.21. The molecule has 1 unspecified atom stereocenters. The second kappa shape index (κ2) is 3.95. The van der Waals surface area contributed by atoms with Gasteiger partial charge in [0.05, 0.1) is 12.6 Å². The largest absolute Gasteiger partial charge is 0.496 e. The number of nitrogens with two attached hydrogens (primary N) is 1. The summed E-state index contributed by atoms with van der Waals surface area (Å²) in [6, 6.07) is 8.28. The van der Waals surface area contributed by atoms with Crippen molar-refractivity contribution in [3.63, 3.8) is 0 Å². The van der Waals surface area contributed by atoms with Crippen molar-refractivity contribution in [1.29, 1.82) is 0 Å². The van der Waals surface area contributed by atoms with E-state index in [4.69, 9.17) is 10.5 Å². The zero-order chi connectivity index (χ0) is 10.8. The summed E-state index contributed by atoms with van der Waals surface area (Å²) in [5.74, 6) is 0.913. The molecular weight excluding hydrogens is 188 g/mol. The molecule has 0 saturated heterocycles. The lowest BCUT2D eigenvalue weighted by atomic mass is 10.2. The maximum absolute atomic E-state index is 5.79. The molecule has 15 heavy (non-hydrogen) atoms. The van der Waals surface area contributed by atoms with Gasteiger partial charge in [-0.2, -0.15) is 0 Å². The van der Waals surface area contributed by atoms with Crippen LogP contribution in [0.25, 0.3) is 10.9 Å². The van der Waals surface area contributed by atoms with Crippen molar-refractivity contribution >= 4 is 10.9 Å². The Bertz CT molecular complexity index is 460. The minimum Gasteiger partial charge on any atom is -0.496 e. The molecule has 0 aliphatic rings. The van der Waals surface area contributed by atoms with Crippen LogP contribution in [0.4, 0.5) is 0 Å². The van der Waals surface area contributed by atoms with Gasteiger partial charge >= 0.3 is 0 Å². The van der Waals surface area contributed by atoms with Gasteiger partial charge in [0.1, 0.15) is 5.75 Å². The van der Waals surface area contributed by atoms with Crippen LogP contribution in [-0.2, 0) is 6.54 Å². The van der Waals surface area contributed by atoms with Gasteiger partial charge in [-0.05, 0) is 25.1 Å². The lowest BCUT2D eigenvalue weighted by molar-refractivity contribution is 0.420. The molecule has 0 bridgehead atoms. The van der Waals surface area contributed by atoms with E-state index < -0.39 is 0 Å². The maximum Gasteiger partial charge on any atom is 0.128 e. The number of aromatic nitrogens is 1. The van der Waals surface area contributed by atoms with Crippen LogP contribution in [0.5, 0.6) is 5.75 Å². The molecule has 1 aromatic carbocycles. The number of nitrogens with zero attached hydrogens (tertiary/aromatic N) is 1. The third-order valence-electron chi connectivity index (χ3n) is 2.48. The average molecular weight is 204 g/mol. The van der Waals surface area contributed by atoms with Gasteiger partial charge in [-0.3, -0.25) is 0 Å². The summed E-state index contributed by atoms with van der Waals surface area (Å²) in [6.07, 6.45) is 2.05. The average Bonchev–Trinajstić information content (AvgIpc) is 2.61. The Kier molecular flexibility index (Phi) is 2.64. The summed E-state index contributed by atoms with van der Waals surface area (Å²) >= 11 is 0. The minimum absolute atomic E-state index is 0.159. The third kappa shape index (κ3) is 1.83. The zero-order valence-electron chi connectivity index (χ0n) is 9.10. The van der Waals surface area contributed by atoms with Crippen LogP contribution in [0.2, 0.25) is 0 Å². The Morgan fingerprint density at radius 2 is 2.20 bits per heavy atom. The first-order valence-corrected chi connectivity index (χ1v) is 5.10. The summed E-state index contributed by atoms with van der Waals surface area (Å²) in [7, 11) is 1.69. The standard InChI is InChI=1S/C12H16N2O/c1-9(13)8-14-7-6-10-11(14)4-3-5-12(10)15-2/h3-7,9H,8,13H2,1-2H3. The van der Waals surface area contributed by atoms with Gasteiger partial charge in [0, 0.05) is 24.2 Å². The van der Waals surface area contributed by atoms with E-state index in [1.54, 1.807) is 7.11 Å². The molecule has 0 amide bonds. The van der Waals surface area contributed by atoms with Gasteiger partial charge < -0.3 is 15.0 Å². The van der Waals surface area contributed by atoms with Crippen molar-refractivity contribution in [2.24, 2.45) is 5.73 Å². The number of fused-ring (bicyclic) bond motifs is 1. The zero-order valence-corrected chi connectivity index (χ0v) is 9.10. The van der Waals surface area contributed by atoms with Crippen molar-refractivity contribution in [3.05, 3.63) is 30.5 Å². The summed E-state index contributed by atoms with van der Waals surface area (Å²) in [5.41, 5.74) is 6.97. The van der Waals surface area contributed by atoms with E-state index in [0.717, 1.165) is 17.7 Å². The van der Waals surface area contributed by atoms with E-state index in [1.807, 2.05) is 19.1 Å². The summed E-state index contributed by atoms with van der Waals surface area (Å²) in [4.78, 5) is 0. The summed E-state index contributed by atoms with van der Waals surface area (Å²) in [6.45, 7) is 2.84. The maximum atomic E-state index is 5.79. The van der Waals surface area contributed by atoms with Crippen LogP contribution >= 0.6 is 0 Å². The fourth-order valence-electron chi connectivity index (χ4n) is 1.84. The Hall–Kier alpha value is -1.48. The van der Waals surface area contributed by atoms with E-state index in [0.29, 0.717) is 0 Å². The predicted molar refractivity (Wildman–Crippen MR) is 62.1 cm³/mol. The van der Waals surface area contributed by atoms with Crippen LogP contribution in [0, 0.1) is 0 Å². The highest BCUT2D eigenvalue weighted by Gasteiger charge is 2.06. The molecule has 1 heterocycles. The Balaban J connectivity index is 2.51. The Morgan fingerprint density at radius 1 is 1.40 bits per heavy atom. The molecule has 2 aromatic rings. The number of hydrogen-bond donors (Lipinski definition) is 1. The van der Waals surface area contributed by atoms with Crippen LogP contribution in [-0.4, -0.2) is 17.7 Å². The smallest absolute Gasteiger partial charge is 0.128 e. The highest BCUT2D eigenvalue weighted by atomic mass is 16.5. The molecule has 0 spiro atoms. The summed E-state index contributed by atoms with van der Waals surface area (Å²) < 4.78 is 7.46. The van der Waals surface area contributed by atoms with Crippen molar-refractivity contribution < 1.29 is 4.74 Å². The molecular formula is C12H16N2O. The van der Waals surface area contributed by atoms with E-state index in [1.165, 1.54) is 5.52 Å². The minimum atomic E-state index is 0.159. The van der Waals surface area contributed by atoms with Gasteiger partial charge in [0.2, 0.25) is 0 Å². The molecule has 0 saturated carbocycles. The number of hydrogen-bond acceptors (Lipinski definition) is 2. The van der Waals surface area contributed by atoms with Gasteiger partial charge in [-0.1, -0.05) is 6.07 Å². The van der Waals surface area contributed by atoms with Crippen LogP contribution in [0.3, 0.4) is 0 Å². The number of benzene rings is 1. The number of methoxy groups -OCH3 is 1. The Labute approximate surface area is 89.4 Å². The molecule has 2 rings (SSSR count). The molecule has 1 aromatic heterocycles. The normalized spacial score (nSPS) is 13.0. The van der Waals surface area contributed by atoms with Crippen molar-refractivity contribution in [2.45, 2.75) is 19.5 Å². The van der Waals surface area contributed by atoms with E-state index in [-0.39, 0.29) is 6.04 Å².